The lowest BCUT2D eigenvalue weighted by molar-refractivity contribution is -0.150. The Morgan fingerprint density at radius 2 is 1.31 bits per heavy atom. The van der Waals surface area contributed by atoms with Crippen molar-refractivity contribution < 1.29 is 23.9 Å². The summed E-state index contributed by atoms with van der Waals surface area (Å²) in [6.07, 6.45) is 13.1. The van der Waals surface area contributed by atoms with Gasteiger partial charge in [0.15, 0.2) is 0 Å². The van der Waals surface area contributed by atoms with Gasteiger partial charge < -0.3 is 25.4 Å². The van der Waals surface area contributed by atoms with Crippen LogP contribution in [0, 0.1) is 0 Å². The molecule has 2 amide bonds. The van der Waals surface area contributed by atoms with Gasteiger partial charge in [-0.1, -0.05) is 50.7 Å². The summed E-state index contributed by atoms with van der Waals surface area (Å²) in [5.74, 6) is -0.570. The van der Waals surface area contributed by atoms with E-state index in [1.54, 1.807) is 4.90 Å². The molecule has 3 N–H and O–H groups in total. The maximum atomic E-state index is 12.1. The first-order valence-electron chi connectivity index (χ1n) is 10.5. The summed E-state index contributed by atoms with van der Waals surface area (Å²) in [4.78, 5) is 36.9. The largest absolute Gasteiger partial charge is 0.468 e. The maximum Gasteiger partial charge on any atom is 0.331 e. The molecule has 3 aliphatic rings. The molecule has 1 aliphatic heterocycles. The Morgan fingerprint density at radius 1 is 0.828 bits per heavy atom. The molecule has 0 saturated heterocycles. The molecule has 0 radical (unpaired) electrons. The number of amides is 2. The van der Waals surface area contributed by atoms with Crippen LogP contribution >= 0.6 is 0 Å². The molecule has 0 bridgehead atoms. The topological polar surface area (TPSA) is 111 Å². The monoisotopic (exact) mass is 409 g/mol. The zero-order chi connectivity index (χ0) is 21.3. The predicted octanol–water partition coefficient (Wildman–Crippen LogP) is 2.26. The van der Waals surface area contributed by atoms with Gasteiger partial charge in [-0.05, 0) is 25.7 Å². The van der Waals surface area contributed by atoms with Crippen molar-refractivity contribution in [2.24, 2.45) is 5.73 Å². The number of methoxy groups -OCH3 is 2. The number of nitrogens with one attached hydrogen (secondary N) is 1. The number of urea groups is 1. The highest BCUT2D eigenvalue weighted by atomic mass is 16.5. The number of esters is 2. The minimum atomic E-state index is -0.813. The van der Waals surface area contributed by atoms with Crippen molar-refractivity contribution in [3.63, 3.8) is 0 Å². The molecule has 2 aliphatic carbocycles. The molecule has 8 heteroatoms. The zero-order valence-electron chi connectivity index (χ0n) is 17.7. The van der Waals surface area contributed by atoms with Crippen molar-refractivity contribution in [1.82, 2.24) is 10.2 Å². The van der Waals surface area contributed by atoms with Gasteiger partial charge in [0, 0.05) is 13.1 Å². The highest BCUT2D eigenvalue weighted by Crippen LogP contribution is 2.30. The van der Waals surface area contributed by atoms with Gasteiger partial charge in [-0.25, -0.2) is 9.59 Å². The molecule has 0 atom stereocenters. The fourth-order valence-corrected chi connectivity index (χ4v) is 4.25. The molecule has 8 nitrogen and oxygen atoms in total. The quantitative estimate of drug-likeness (QED) is 0.546. The SMILES string of the molecule is COC(=O)C1(N)CCCCC1.COC(=O)C1(NC(=O)N2CC=CC2)CCCCC1. The zero-order valence-corrected chi connectivity index (χ0v) is 17.7. The lowest BCUT2D eigenvalue weighted by atomic mass is 9.81. The van der Waals surface area contributed by atoms with Gasteiger partial charge in [0.1, 0.15) is 11.1 Å². The molecule has 0 aromatic heterocycles. The number of carbonyl (C=O) groups is 3. The minimum Gasteiger partial charge on any atom is -0.468 e. The van der Waals surface area contributed by atoms with Gasteiger partial charge in [0.05, 0.1) is 14.2 Å². The molecule has 164 valence electrons. The van der Waals surface area contributed by atoms with Crippen molar-refractivity contribution in [2.75, 3.05) is 27.3 Å². The van der Waals surface area contributed by atoms with Gasteiger partial charge in [-0.15, -0.1) is 0 Å². The molecule has 0 aromatic carbocycles. The van der Waals surface area contributed by atoms with Crippen LogP contribution in [0.5, 0.6) is 0 Å². The van der Waals surface area contributed by atoms with Crippen LogP contribution in [0.4, 0.5) is 4.79 Å². The molecular formula is C21H35N3O5. The Kier molecular flexibility index (Phi) is 8.49. The summed E-state index contributed by atoms with van der Waals surface area (Å²) in [6.45, 7) is 1.23. The third-order valence-electron chi connectivity index (χ3n) is 6.07. The van der Waals surface area contributed by atoms with E-state index in [4.69, 9.17) is 10.5 Å². The lowest BCUT2D eigenvalue weighted by Crippen LogP contribution is -2.58. The first kappa shape index (κ1) is 23.2. The van der Waals surface area contributed by atoms with Gasteiger partial charge in [0.2, 0.25) is 0 Å². The standard InChI is InChI=1S/C13H20N2O3.C8H15NO2/c1-18-11(16)13(7-3-2-4-8-13)14-12(17)15-9-5-6-10-15;1-11-7(10)8(9)5-3-2-4-6-8/h5-6H,2-4,7-10H2,1H3,(H,14,17);2-6,9H2,1H3. The molecule has 0 aromatic rings. The van der Waals surface area contributed by atoms with Crippen molar-refractivity contribution in [3.8, 4) is 0 Å². The molecule has 0 spiro atoms. The predicted molar refractivity (Wildman–Crippen MR) is 109 cm³/mol. The van der Waals surface area contributed by atoms with E-state index in [0.717, 1.165) is 44.9 Å². The van der Waals surface area contributed by atoms with E-state index < -0.39 is 11.1 Å². The summed E-state index contributed by atoms with van der Waals surface area (Å²) in [5.41, 5.74) is 4.35. The molecule has 29 heavy (non-hydrogen) atoms. The second-order valence-electron chi connectivity index (χ2n) is 8.15. The summed E-state index contributed by atoms with van der Waals surface area (Å²) in [7, 11) is 2.77. The van der Waals surface area contributed by atoms with E-state index in [2.05, 4.69) is 10.1 Å². The molecule has 2 fully saturated rings. The van der Waals surface area contributed by atoms with E-state index in [0.29, 0.717) is 25.9 Å². The third kappa shape index (κ3) is 5.95. The molecule has 1 heterocycles. The molecule has 3 rings (SSSR count). The second kappa shape index (κ2) is 10.6. The molecule has 2 saturated carbocycles. The fraction of sp³-hybridized carbons (Fsp3) is 0.762. The summed E-state index contributed by atoms with van der Waals surface area (Å²) >= 11 is 0. The highest BCUT2D eigenvalue weighted by Gasteiger charge is 2.42. The van der Waals surface area contributed by atoms with E-state index in [9.17, 15) is 14.4 Å². The average Bonchev–Trinajstić information content (AvgIpc) is 3.29. The Morgan fingerprint density at radius 3 is 1.79 bits per heavy atom. The van der Waals surface area contributed by atoms with Crippen LogP contribution in [-0.4, -0.2) is 61.3 Å². The highest BCUT2D eigenvalue weighted by molar-refractivity contribution is 5.87. The van der Waals surface area contributed by atoms with Crippen LogP contribution in [0.1, 0.15) is 64.2 Å². The number of hydrogen-bond donors (Lipinski definition) is 2. The van der Waals surface area contributed by atoms with E-state index in [-0.39, 0.29) is 18.0 Å². The van der Waals surface area contributed by atoms with Crippen LogP contribution in [0.25, 0.3) is 0 Å². The van der Waals surface area contributed by atoms with Gasteiger partial charge in [0.25, 0.3) is 0 Å². The van der Waals surface area contributed by atoms with Crippen molar-refractivity contribution >= 4 is 18.0 Å². The number of hydrogen-bond acceptors (Lipinski definition) is 6. The van der Waals surface area contributed by atoms with Crippen LogP contribution in [0.3, 0.4) is 0 Å². The normalized spacial score (nSPS) is 22.1. The van der Waals surface area contributed by atoms with Gasteiger partial charge >= 0.3 is 18.0 Å². The Balaban J connectivity index is 0.000000234. The number of ether oxygens (including phenoxy) is 2. The molecular weight excluding hydrogens is 374 g/mol. The van der Waals surface area contributed by atoms with E-state index in [1.165, 1.54) is 20.6 Å². The third-order valence-corrected chi connectivity index (χ3v) is 6.07. The van der Waals surface area contributed by atoms with Crippen LogP contribution in [-0.2, 0) is 19.1 Å². The number of nitrogens with zero attached hydrogens (tertiary/aromatic N) is 1. The van der Waals surface area contributed by atoms with Crippen molar-refractivity contribution in [1.29, 1.82) is 0 Å². The smallest absolute Gasteiger partial charge is 0.331 e. The first-order valence-corrected chi connectivity index (χ1v) is 10.5. The summed E-state index contributed by atoms with van der Waals surface area (Å²) in [6, 6.07) is -0.174. The Bertz CT molecular complexity index is 599. The van der Waals surface area contributed by atoms with Crippen LogP contribution < -0.4 is 11.1 Å². The Labute approximate surface area is 173 Å². The van der Waals surface area contributed by atoms with Gasteiger partial charge in [-0.2, -0.15) is 0 Å². The maximum absolute atomic E-state index is 12.1. The first-order chi connectivity index (χ1) is 13.9. The lowest BCUT2D eigenvalue weighted by Gasteiger charge is -2.36. The summed E-state index contributed by atoms with van der Waals surface area (Å²) in [5, 5.41) is 2.90. The van der Waals surface area contributed by atoms with E-state index >= 15 is 0 Å². The second-order valence-corrected chi connectivity index (χ2v) is 8.15. The van der Waals surface area contributed by atoms with E-state index in [1.807, 2.05) is 12.2 Å². The number of carbonyl (C=O) groups excluding carboxylic acids is 3. The average molecular weight is 410 g/mol. The van der Waals surface area contributed by atoms with Crippen LogP contribution in [0.15, 0.2) is 12.2 Å². The van der Waals surface area contributed by atoms with Gasteiger partial charge in [-0.3, -0.25) is 4.79 Å². The number of nitrogens with two attached hydrogens (primary N) is 1. The summed E-state index contributed by atoms with van der Waals surface area (Å²) < 4.78 is 9.50. The Hall–Kier alpha value is -2.09. The minimum absolute atomic E-state index is 0.174. The van der Waals surface area contributed by atoms with Crippen molar-refractivity contribution in [3.05, 3.63) is 12.2 Å². The van der Waals surface area contributed by atoms with Crippen LogP contribution in [0.2, 0.25) is 0 Å². The fourth-order valence-electron chi connectivity index (χ4n) is 4.25. The van der Waals surface area contributed by atoms with Crippen molar-refractivity contribution in [2.45, 2.75) is 75.3 Å². The molecule has 0 unspecified atom stereocenters. The number of rotatable bonds is 3.